The van der Waals surface area contributed by atoms with Crippen LogP contribution in [0.4, 0.5) is 11.7 Å². The zero-order chi connectivity index (χ0) is 17.1. The minimum atomic E-state index is -1.15. The maximum Gasteiger partial charge on any atom is 0.357 e. The van der Waals surface area contributed by atoms with Gasteiger partial charge in [0.05, 0.1) is 11.9 Å². The van der Waals surface area contributed by atoms with Gasteiger partial charge in [-0.25, -0.2) is 4.79 Å². The second-order valence-electron chi connectivity index (χ2n) is 5.45. The van der Waals surface area contributed by atoms with E-state index in [1.165, 1.54) is 0 Å². The maximum atomic E-state index is 12.4. The Labute approximate surface area is 137 Å². The molecule has 0 aliphatic carbocycles. The van der Waals surface area contributed by atoms with E-state index in [9.17, 15) is 9.59 Å². The van der Waals surface area contributed by atoms with Crippen LogP contribution in [0.1, 0.15) is 16.2 Å². The lowest BCUT2D eigenvalue weighted by atomic mass is 10.2. The highest BCUT2D eigenvalue weighted by molar-refractivity contribution is 5.95. The lowest BCUT2D eigenvalue weighted by Gasteiger charge is -2.31. The van der Waals surface area contributed by atoms with Crippen LogP contribution in [-0.2, 0) is 4.79 Å². The normalized spacial score (nSPS) is 17.5. The van der Waals surface area contributed by atoms with E-state index < -0.39 is 12.0 Å². The van der Waals surface area contributed by atoms with Crippen LogP contribution in [0, 0.1) is 6.92 Å². The fourth-order valence-electron chi connectivity index (χ4n) is 2.38. The van der Waals surface area contributed by atoms with Crippen LogP contribution in [0.5, 0.6) is 0 Å². The van der Waals surface area contributed by atoms with Gasteiger partial charge in [0, 0.05) is 25.3 Å². The largest absolute Gasteiger partial charge is 0.476 e. The molecule has 1 amide bonds. The molecule has 2 aromatic heterocycles. The van der Waals surface area contributed by atoms with Gasteiger partial charge in [-0.15, -0.1) is 0 Å². The second kappa shape index (κ2) is 6.67. The highest BCUT2D eigenvalue weighted by Crippen LogP contribution is 2.16. The van der Waals surface area contributed by atoms with Crippen molar-refractivity contribution < 1.29 is 19.1 Å². The third-order valence-electron chi connectivity index (χ3n) is 3.65. The molecule has 0 spiro atoms. The zero-order valence-electron chi connectivity index (χ0n) is 13.0. The number of aromatic carboxylic acids is 1. The van der Waals surface area contributed by atoms with Crippen molar-refractivity contribution in [3.05, 3.63) is 36.0 Å². The van der Waals surface area contributed by atoms with Crippen LogP contribution in [-0.4, -0.2) is 52.6 Å². The highest BCUT2D eigenvalue weighted by atomic mass is 16.4. The van der Waals surface area contributed by atoms with E-state index in [0.29, 0.717) is 25.3 Å². The van der Waals surface area contributed by atoms with Gasteiger partial charge in [0.2, 0.25) is 5.91 Å². The predicted molar refractivity (Wildman–Crippen MR) is 85.1 cm³/mol. The zero-order valence-corrected chi connectivity index (χ0v) is 13.0. The summed E-state index contributed by atoms with van der Waals surface area (Å²) in [5, 5.41) is 14.8. The molecule has 126 valence electrons. The molecule has 3 N–H and O–H groups in total. The number of anilines is 2. The summed E-state index contributed by atoms with van der Waals surface area (Å²) >= 11 is 0. The van der Waals surface area contributed by atoms with Crippen molar-refractivity contribution in [2.75, 3.05) is 29.9 Å². The van der Waals surface area contributed by atoms with Gasteiger partial charge in [-0.05, 0) is 19.1 Å². The summed E-state index contributed by atoms with van der Waals surface area (Å²) in [5.41, 5.74) is 1.33. The number of rotatable bonds is 4. The highest BCUT2D eigenvalue weighted by Gasteiger charge is 2.28. The number of nitrogens with one attached hydrogen (secondary N) is 2. The number of aromatic nitrogens is 2. The number of piperazine rings is 1. The van der Waals surface area contributed by atoms with Gasteiger partial charge in [0.25, 0.3) is 6.01 Å². The molecule has 24 heavy (non-hydrogen) atoms. The minimum Gasteiger partial charge on any atom is -0.476 e. The fraction of sp³-hybridized carbons (Fsp3) is 0.333. The average molecular weight is 331 g/mol. The molecule has 3 heterocycles. The number of oxazole rings is 1. The molecule has 0 bridgehead atoms. The molecule has 1 aliphatic rings. The summed E-state index contributed by atoms with van der Waals surface area (Å²) in [7, 11) is 0. The topological polar surface area (TPSA) is 121 Å². The molecule has 9 heteroatoms. The summed E-state index contributed by atoms with van der Waals surface area (Å²) in [6.07, 6.45) is 2.69. The molecule has 0 unspecified atom stereocenters. The molecule has 2 aromatic rings. The number of aryl methyl sites for hydroxylation is 1. The van der Waals surface area contributed by atoms with Crippen LogP contribution in [0.25, 0.3) is 0 Å². The first-order chi connectivity index (χ1) is 11.5. The van der Waals surface area contributed by atoms with Gasteiger partial charge in [-0.2, -0.15) is 4.98 Å². The summed E-state index contributed by atoms with van der Waals surface area (Å²) in [4.78, 5) is 33.0. The number of amides is 1. The molecule has 1 fully saturated rings. The molecular formula is C15H17N5O4. The van der Waals surface area contributed by atoms with E-state index in [0.717, 1.165) is 12.0 Å². The van der Waals surface area contributed by atoms with Gasteiger partial charge in [-0.3, -0.25) is 9.78 Å². The summed E-state index contributed by atoms with van der Waals surface area (Å²) in [6.45, 7) is 3.31. The van der Waals surface area contributed by atoms with Crippen molar-refractivity contribution in [3.8, 4) is 0 Å². The van der Waals surface area contributed by atoms with E-state index in [1.54, 1.807) is 17.2 Å². The molecule has 1 saturated heterocycles. The van der Waals surface area contributed by atoms with Crippen molar-refractivity contribution in [2.45, 2.75) is 13.0 Å². The quantitative estimate of drug-likeness (QED) is 0.740. The lowest BCUT2D eigenvalue weighted by molar-refractivity contribution is -0.118. The Morgan fingerprint density at radius 2 is 2.29 bits per heavy atom. The first-order valence-electron chi connectivity index (χ1n) is 7.43. The molecule has 0 radical (unpaired) electrons. The number of carboxylic acids is 1. The number of nitrogens with zero attached hydrogens (tertiary/aromatic N) is 3. The van der Waals surface area contributed by atoms with Gasteiger partial charge < -0.3 is 25.1 Å². The van der Waals surface area contributed by atoms with Gasteiger partial charge >= 0.3 is 5.97 Å². The summed E-state index contributed by atoms with van der Waals surface area (Å²) in [6, 6.07) is 3.33. The monoisotopic (exact) mass is 331 g/mol. The van der Waals surface area contributed by atoms with Crippen molar-refractivity contribution in [1.82, 2.24) is 15.3 Å². The number of carbonyl (C=O) groups excluding carboxylic acids is 1. The molecule has 1 aliphatic heterocycles. The van der Waals surface area contributed by atoms with Crippen molar-refractivity contribution >= 4 is 23.6 Å². The Morgan fingerprint density at radius 1 is 1.46 bits per heavy atom. The number of carbonyl (C=O) groups is 2. The maximum absolute atomic E-state index is 12.4. The molecule has 0 aromatic carbocycles. The van der Waals surface area contributed by atoms with E-state index in [2.05, 4.69) is 20.6 Å². The van der Waals surface area contributed by atoms with Crippen LogP contribution in [0.3, 0.4) is 0 Å². The number of pyridine rings is 1. The van der Waals surface area contributed by atoms with E-state index in [1.807, 2.05) is 13.0 Å². The van der Waals surface area contributed by atoms with Gasteiger partial charge in [-0.1, -0.05) is 0 Å². The van der Waals surface area contributed by atoms with Crippen molar-refractivity contribution in [2.24, 2.45) is 0 Å². The Balaban J connectivity index is 1.64. The molecule has 3 rings (SSSR count). The summed E-state index contributed by atoms with van der Waals surface area (Å²) < 4.78 is 5.19. The Kier molecular flexibility index (Phi) is 4.43. The minimum absolute atomic E-state index is 0.157. The standard InChI is InChI=1S/C15H17N5O4/c1-9-2-3-10(6-17-9)18-13(21)11-7-20(5-4-16-11)15-19-12(8-24-15)14(22)23/h2-3,6,8,11,16H,4-5,7H2,1H3,(H,18,21)(H,22,23)/t11-/m1/s1. The first-order valence-corrected chi connectivity index (χ1v) is 7.43. The number of hydrogen-bond acceptors (Lipinski definition) is 7. The van der Waals surface area contributed by atoms with E-state index in [4.69, 9.17) is 9.52 Å². The van der Waals surface area contributed by atoms with Crippen molar-refractivity contribution in [3.63, 3.8) is 0 Å². The van der Waals surface area contributed by atoms with Crippen LogP contribution in [0.15, 0.2) is 29.0 Å². The van der Waals surface area contributed by atoms with Crippen LogP contribution >= 0.6 is 0 Å². The van der Waals surface area contributed by atoms with E-state index in [-0.39, 0.29) is 17.6 Å². The smallest absolute Gasteiger partial charge is 0.357 e. The lowest BCUT2D eigenvalue weighted by Crippen LogP contribution is -2.56. The molecular weight excluding hydrogens is 314 g/mol. The molecule has 1 atom stereocenters. The third-order valence-corrected chi connectivity index (χ3v) is 3.65. The van der Waals surface area contributed by atoms with E-state index >= 15 is 0 Å². The average Bonchev–Trinajstić information content (AvgIpc) is 3.07. The van der Waals surface area contributed by atoms with Crippen LogP contribution in [0.2, 0.25) is 0 Å². The first kappa shape index (κ1) is 15.9. The molecule has 9 nitrogen and oxygen atoms in total. The SMILES string of the molecule is Cc1ccc(NC(=O)[C@H]2CN(c3nc(C(=O)O)co3)CCN2)cn1. The number of carboxylic acid groups (broad SMARTS) is 1. The fourth-order valence-corrected chi connectivity index (χ4v) is 2.38. The Hall–Kier alpha value is -2.94. The Morgan fingerprint density at radius 3 is 2.96 bits per heavy atom. The predicted octanol–water partition coefficient (Wildman–Crippen LogP) is 0.493. The van der Waals surface area contributed by atoms with Gasteiger partial charge in [0.15, 0.2) is 5.69 Å². The summed E-state index contributed by atoms with van der Waals surface area (Å²) in [5.74, 6) is -1.35. The number of hydrogen-bond donors (Lipinski definition) is 3. The second-order valence-corrected chi connectivity index (χ2v) is 5.45. The third kappa shape index (κ3) is 3.51. The van der Waals surface area contributed by atoms with Crippen LogP contribution < -0.4 is 15.5 Å². The Bertz CT molecular complexity index is 743. The van der Waals surface area contributed by atoms with Crippen molar-refractivity contribution in [1.29, 1.82) is 0 Å². The van der Waals surface area contributed by atoms with Gasteiger partial charge in [0.1, 0.15) is 12.3 Å². The molecule has 0 saturated carbocycles.